The smallest absolute Gasteiger partial charge is 0.274 e. The lowest BCUT2D eigenvalue weighted by Crippen LogP contribution is -2.41. The Bertz CT molecular complexity index is 1150. The Balaban J connectivity index is 1.38. The van der Waals surface area contributed by atoms with Crippen molar-refractivity contribution in [3.63, 3.8) is 0 Å². The molecule has 6 rings (SSSR count). The van der Waals surface area contributed by atoms with Gasteiger partial charge in [0.05, 0.1) is 35.5 Å². The standard InChI is InChI=1S/C25H30N4O4S/c30-25(27-9-13-33-14-10-27)23-21-17-34(31)22-4-2-1-3-20(22)24(21)29(26-23)16-18-5-8-28(15-18)19-6-11-32-12-7-19/h1-4,16,19H,5-15,17H2. The second-order valence-corrected chi connectivity index (χ2v) is 10.8. The van der Waals surface area contributed by atoms with Gasteiger partial charge < -0.3 is 14.4 Å². The summed E-state index contributed by atoms with van der Waals surface area (Å²) < 4.78 is 25.9. The van der Waals surface area contributed by atoms with E-state index in [1.807, 2.05) is 28.9 Å². The lowest BCUT2D eigenvalue weighted by Gasteiger charge is -2.30. The quantitative estimate of drug-likeness (QED) is 0.669. The Morgan fingerprint density at radius 2 is 1.82 bits per heavy atom. The van der Waals surface area contributed by atoms with Gasteiger partial charge in [0.25, 0.3) is 5.91 Å². The van der Waals surface area contributed by atoms with Gasteiger partial charge >= 0.3 is 0 Å². The number of carbonyl (C=O) groups excluding carboxylic acids is 1. The Kier molecular flexibility index (Phi) is 6.11. The Hall–Kier alpha value is -2.33. The Morgan fingerprint density at radius 1 is 1.06 bits per heavy atom. The Morgan fingerprint density at radius 3 is 2.65 bits per heavy atom. The first-order valence-electron chi connectivity index (χ1n) is 12.2. The van der Waals surface area contributed by atoms with E-state index in [0.717, 1.165) is 67.3 Å². The molecule has 0 N–H and O–H groups in total. The number of ether oxygens (including phenoxy) is 2. The van der Waals surface area contributed by atoms with Crippen LogP contribution < -0.4 is 0 Å². The molecule has 1 unspecified atom stereocenters. The molecule has 0 aliphatic carbocycles. The molecule has 3 fully saturated rings. The minimum atomic E-state index is -1.20. The van der Waals surface area contributed by atoms with Gasteiger partial charge in [0.2, 0.25) is 0 Å². The molecule has 1 aromatic carbocycles. The molecule has 180 valence electrons. The Labute approximate surface area is 202 Å². The summed E-state index contributed by atoms with van der Waals surface area (Å²) in [5.41, 5.74) is 4.35. The van der Waals surface area contributed by atoms with Crippen molar-refractivity contribution in [3.8, 4) is 11.3 Å². The highest BCUT2D eigenvalue weighted by atomic mass is 32.2. The van der Waals surface area contributed by atoms with E-state index in [4.69, 9.17) is 14.6 Å². The van der Waals surface area contributed by atoms with E-state index < -0.39 is 10.8 Å². The summed E-state index contributed by atoms with van der Waals surface area (Å²) in [4.78, 5) is 18.6. The monoisotopic (exact) mass is 482 g/mol. The van der Waals surface area contributed by atoms with Crippen LogP contribution in [0.1, 0.15) is 35.3 Å². The normalized spacial score (nSPS) is 24.9. The van der Waals surface area contributed by atoms with Gasteiger partial charge in [-0.3, -0.25) is 13.9 Å². The third-order valence-electron chi connectivity index (χ3n) is 7.31. The number of fused-ring (bicyclic) bond motifs is 3. The fourth-order valence-electron chi connectivity index (χ4n) is 5.49. The first-order chi connectivity index (χ1) is 16.7. The van der Waals surface area contributed by atoms with E-state index in [2.05, 4.69) is 11.1 Å². The van der Waals surface area contributed by atoms with Crippen LogP contribution in [0.5, 0.6) is 0 Å². The van der Waals surface area contributed by atoms with Crippen molar-refractivity contribution in [2.24, 2.45) is 0 Å². The summed E-state index contributed by atoms with van der Waals surface area (Å²) in [6.45, 7) is 5.83. The summed E-state index contributed by atoms with van der Waals surface area (Å²) in [6, 6.07) is 8.37. The van der Waals surface area contributed by atoms with Gasteiger partial charge in [0, 0.05) is 67.7 Å². The molecule has 1 atom stereocenters. The maximum atomic E-state index is 13.5. The molecule has 34 heavy (non-hydrogen) atoms. The second kappa shape index (κ2) is 9.37. The van der Waals surface area contributed by atoms with Crippen LogP contribution in [-0.2, 0) is 26.0 Å². The van der Waals surface area contributed by atoms with Crippen LogP contribution in [0.25, 0.3) is 17.5 Å². The molecule has 4 aliphatic heterocycles. The predicted octanol–water partition coefficient (Wildman–Crippen LogP) is 2.37. The van der Waals surface area contributed by atoms with Gasteiger partial charge in [-0.2, -0.15) is 5.10 Å². The number of hydrogen-bond donors (Lipinski definition) is 0. The van der Waals surface area contributed by atoms with Crippen LogP contribution in [0.2, 0.25) is 0 Å². The van der Waals surface area contributed by atoms with Crippen LogP contribution in [0, 0.1) is 0 Å². The number of aromatic nitrogens is 2. The number of morpholine rings is 1. The van der Waals surface area contributed by atoms with Crippen molar-refractivity contribution in [1.29, 1.82) is 0 Å². The zero-order valence-corrected chi connectivity index (χ0v) is 20.1. The third-order valence-corrected chi connectivity index (χ3v) is 8.71. The van der Waals surface area contributed by atoms with Crippen LogP contribution >= 0.6 is 0 Å². The highest BCUT2D eigenvalue weighted by Gasteiger charge is 2.34. The molecule has 1 aromatic heterocycles. The molecule has 1 amide bonds. The number of likely N-dealkylation sites (tertiary alicyclic amines) is 1. The first kappa shape index (κ1) is 22.2. The molecule has 0 bridgehead atoms. The number of carbonyl (C=O) groups is 1. The number of amides is 1. The third kappa shape index (κ3) is 4.04. The first-order valence-corrected chi connectivity index (χ1v) is 13.5. The van der Waals surface area contributed by atoms with E-state index in [-0.39, 0.29) is 5.91 Å². The van der Waals surface area contributed by atoms with Gasteiger partial charge in [0.15, 0.2) is 5.69 Å². The van der Waals surface area contributed by atoms with Gasteiger partial charge in [-0.25, -0.2) is 4.68 Å². The summed E-state index contributed by atoms with van der Waals surface area (Å²) in [5.74, 6) is 0.220. The molecular weight excluding hydrogens is 452 g/mol. The van der Waals surface area contributed by atoms with Crippen molar-refractivity contribution in [2.75, 3.05) is 52.6 Å². The molecular formula is C25H30N4O4S. The molecule has 8 nitrogen and oxygen atoms in total. The van der Waals surface area contributed by atoms with Crippen molar-refractivity contribution >= 4 is 22.9 Å². The lowest BCUT2D eigenvalue weighted by molar-refractivity contribution is 0.0298. The summed E-state index contributed by atoms with van der Waals surface area (Å²) in [5, 5.41) is 4.84. The minimum Gasteiger partial charge on any atom is -0.381 e. The van der Waals surface area contributed by atoms with E-state index >= 15 is 0 Å². The van der Waals surface area contributed by atoms with Crippen LogP contribution in [0.15, 0.2) is 34.7 Å². The van der Waals surface area contributed by atoms with Crippen LogP contribution in [0.4, 0.5) is 0 Å². The second-order valence-electron chi connectivity index (χ2n) is 9.36. The number of benzene rings is 1. The molecule has 0 saturated carbocycles. The molecule has 3 saturated heterocycles. The summed E-state index contributed by atoms with van der Waals surface area (Å²) >= 11 is 0. The van der Waals surface area contributed by atoms with Gasteiger partial charge in [-0.1, -0.05) is 18.2 Å². The number of nitrogens with zero attached hydrogens (tertiary/aromatic N) is 4. The van der Waals surface area contributed by atoms with Gasteiger partial charge in [-0.15, -0.1) is 0 Å². The molecule has 5 heterocycles. The summed E-state index contributed by atoms with van der Waals surface area (Å²) in [6.07, 6.45) is 5.27. The molecule has 0 radical (unpaired) electrons. The fourth-order valence-corrected chi connectivity index (χ4v) is 6.82. The van der Waals surface area contributed by atoms with E-state index in [1.54, 1.807) is 4.90 Å². The minimum absolute atomic E-state index is 0.0941. The van der Waals surface area contributed by atoms with Crippen molar-refractivity contribution in [2.45, 2.75) is 36.0 Å². The van der Waals surface area contributed by atoms with Crippen LogP contribution in [-0.4, -0.2) is 88.3 Å². The number of hydrogen-bond acceptors (Lipinski definition) is 6. The van der Waals surface area contributed by atoms with Gasteiger partial charge in [0.1, 0.15) is 0 Å². The van der Waals surface area contributed by atoms with E-state index in [0.29, 0.717) is 43.8 Å². The summed E-state index contributed by atoms with van der Waals surface area (Å²) in [7, 11) is -1.20. The SMILES string of the molecule is O=C(c1nn(C=C2CCN(C3CCOCC3)C2)c2c1CS(=O)c1ccccc1-2)N1CCOCC1. The van der Waals surface area contributed by atoms with E-state index in [1.165, 1.54) is 5.57 Å². The average Bonchev–Trinajstić information content (AvgIpc) is 3.50. The molecule has 4 aliphatic rings. The van der Waals surface area contributed by atoms with Gasteiger partial charge in [-0.05, 0) is 30.9 Å². The van der Waals surface area contributed by atoms with Crippen LogP contribution in [0.3, 0.4) is 0 Å². The maximum absolute atomic E-state index is 13.5. The fraction of sp³-hybridized carbons (Fsp3) is 0.520. The lowest BCUT2D eigenvalue weighted by atomic mass is 10.1. The van der Waals surface area contributed by atoms with Crippen molar-refractivity contribution in [1.82, 2.24) is 19.6 Å². The molecule has 0 spiro atoms. The predicted molar refractivity (Wildman–Crippen MR) is 129 cm³/mol. The zero-order chi connectivity index (χ0) is 23.1. The molecule has 2 aromatic rings. The maximum Gasteiger partial charge on any atom is 0.274 e. The largest absolute Gasteiger partial charge is 0.381 e. The highest BCUT2D eigenvalue weighted by molar-refractivity contribution is 7.84. The molecule has 9 heteroatoms. The highest BCUT2D eigenvalue weighted by Crippen LogP contribution is 2.38. The van der Waals surface area contributed by atoms with E-state index in [9.17, 15) is 9.00 Å². The number of rotatable bonds is 3. The average molecular weight is 483 g/mol. The topological polar surface area (TPSA) is 76.9 Å². The van der Waals surface area contributed by atoms with Crippen molar-refractivity contribution in [3.05, 3.63) is 41.1 Å². The zero-order valence-electron chi connectivity index (χ0n) is 19.3. The van der Waals surface area contributed by atoms with Crippen molar-refractivity contribution < 1.29 is 18.5 Å².